The number of hydrogen-bond acceptors (Lipinski definition) is 0. The highest BCUT2D eigenvalue weighted by Crippen LogP contribution is 2.53. The molecule has 3 aliphatic rings. The summed E-state index contributed by atoms with van der Waals surface area (Å²) in [6.45, 7) is 9.39. The highest BCUT2D eigenvalue weighted by atomic mass is 79.9. The molecule has 1 heterocycles. The fourth-order valence-electron chi connectivity index (χ4n) is 9.85. The van der Waals surface area contributed by atoms with Gasteiger partial charge in [-0.1, -0.05) is 169 Å². The van der Waals surface area contributed by atoms with E-state index < -0.39 is 0 Å². The fraction of sp³-hybridized carbons (Fsp3) is 0.127. The molecule has 0 saturated heterocycles. The van der Waals surface area contributed by atoms with Gasteiger partial charge in [0.05, 0.1) is 11.0 Å². The predicted octanol–water partition coefficient (Wildman–Crippen LogP) is 16.0. The maximum absolute atomic E-state index is 12.1. The van der Waals surface area contributed by atoms with Crippen molar-refractivity contribution in [2.45, 2.75) is 44.9 Å². The lowest BCUT2D eigenvalue weighted by molar-refractivity contribution is 0.627. The van der Waals surface area contributed by atoms with Gasteiger partial charge >= 0.3 is 0 Å². The Morgan fingerprint density at radius 2 is 1.00 bits per heavy atom. The second-order valence-electron chi connectivity index (χ2n) is 16.9. The maximum Gasteiger partial charge on any atom is 0.124 e. The van der Waals surface area contributed by atoms with E-state index in [0.717, 1.165) is 15.4 Å². The van der Waals surface area contributed by atoms with Gasteiger partial charge in [-0.25, -0.2) is 4.39 Å². The van der Waals surface area contributed by atoms with E-state index in [0.29, 0.717) is 0 Å². The van der Waals surface area contributed by atoms with Gasteiger partial charge in [0.15, 0.2) is 0 Å². The molecule has 4 heteroatoms. The van der Waals surface area contributed by atoms with E-state index >= 15 is 0 Å². The molecule has 0 fully saturated rings. The van der Waals surface area contributed by atoms with Gasteiger partial charge in [-0.2, -0.15) is 0 Å². The lowest BCUT2D eigenvalue weighted by Crippen LogP contribution is -2.15. The summed E-state index contributed by atoms with van der Waals surface area (Å²) in [5.41, 5.74) is 21.0. The molecular weight excluding hydrogens is 853 g/mol. The number of nitrogens with zero attached hydrogens (tertiary/aromatic N) is 1. The van der Waals surface area contributed by atoms with E-state index in [9.17, 15) is 4.39 Å². The van der Waals surface area contributed by atoms with Gasteiger partial charge in [-0.05, 0) is 134 Å². The summed E-state index contributed by atoms with van der Waals surface area (Å²) in [6, 6.07) is 59.8. The van der Waals surface area contributed by atoms with E-state index in [-0.39, 0.29) is 16.6 Å². The molecule has 288 valence electrons. The molecule has 0 unspecified atom stereocenters. The Morgan fingerprint density at radius 3 is 1.66 bits per heavy atom. The van der Waals surface area contributed by atoms with Crippen LogP contribution in [0.3, 0.4) is 0 Å². The molecule has 8 aromatic carbocycles. The van der Waals surface area contributed by atoms with Crippen molar-refractivity contribution in [3.05, 3.63) is 218 Å². The quantitative estimate of drug-likeness (QED) is 0.155. The summed E-state index contributed by atoms with van der Waals surface area (Å²) in [5.74, 6) is -0.209. The van der Waals surface area contributed by atoms with Crippen molar-refractivity contribution in [2.75, 3.05) is 0 Å². The van der Waals surface area contributed by atoms with Crippen LogP contribution in [-0.2, 0) is 17.3 Å². The van der Waals surface area contributed by atoms with Gasteiger partial charge < -0.3 is 4.57 Å². The molecular formula is C55H42Br2FN. The van der Waals surface area contributed by atoms with Crippen molar-refractivity contribution in [3.8, 4) is 39.1 Å². The van der Waals surface area contributed by atoms with Crippen LogP contribution in [0.4, 0.5) is 4.39 Å². The lowest BCUT2D eigenvalue weighted by Gasteiger charge is -2.22. The molecule has 0 aliphatic heterocycles. The standard InChI is InChI=1S/C27H20BrN.C22H18.C6H4BrF/c1-27(2)23-12-5-3-10-19(23)21-15-22-20-11-4-6-13-25(20)29(26(22)16-24(21)27)18-9-7-8-17(28)14-18;1-22(2)20-10-6-5-9-17(20)19-13-18-15(12-21(19)22)11-14-7-3-4-8-16(14)18;7-5-2-1-3-6(8)4-5/h3-16H,1-2H3;3-10,12-13H,11H2,1-2H3;1-4H. The first-order chi connectivity index (χ1) is 28.5. The molecule has 0 radical (unpaired) electrons. The number of hydrogen-bond donors (Lipinski definition) is 0. The number of benzene rings is 8. The largest absolute Gasteiger partial charge is 0.309 e. The summed E-state index contributed by atoms with van der Waals surface area (Å²) >= 11 is 6.77. The topological polar surface area (TPSA) is 4.93 Å². The first-order valence-corrected chi connectivity index (χ1v) is 21.8. The van der Waals surface area contributed by atoms with E-state index in [1.807, 2.05) is 0 Å². The summed E-state index contributed by atoms with van der Waals surface area (Å²) in [4.78, 5) is 0. The highest BCUT2D eigenvalue weighted by molar-refractivity contribution is 9.10. The SMILES string of the molecule is CC1(C)c2ccccc2-c2cc3c(cc21)Cc1ccccc1-3.CC1(C)c2ccccc2-c2cc3c4ccccc4n(-c4cccc(Br)c4)c3cc21.Fc1cccc(Br)c1. The Labute approximate surface area is 362 Å². The second kappa shape index (κ2) is 14.3. The predicted molar refractivity (Wildman–Crippen MR) is 252 cm³/mol. The Bertz CT molecular complexity index is 3110. The number of fused-ring (bicyclic) bond motifs is 12. The van der Waals surface area contributed by atoms with Crippen LogP contribution >= 0.6 is 31.9 Å². The molecule has 0 N–H and O–H groups in total. The molecule has 59 heavy (non-hydrogen) atoms. The molecule has 3 aliphatic carbocycles. The van der Waals surface area contributed by atoms with Crippen LogP contribution < -0.4 is 0 Å². The normalized spacial score (nSPS) is 14.2. The molecule has 0 spiro atoms. The molecule has 0 atom stereocenters. The van der Waals surface area contributed by atoms with Crippen LogP contribution in [0, 0.1) is 5.82 Å². The number of para-hydroxylation sites is 1. The van der Waals surface area contributed by atoms with Crippen molar-refractivity contribution in [3.63, 3.8) is 0 Å². The third-order valence-corrected chi connectivity index (χ3v) is 13.7. The van der Waals surface area contributed by atoms with Crippen LogP contribution in [-0.4, -0.2) is 4.57 Å². The van der Waals surface area contributed by atoms with Gasteiger partial charge in [-0.3, -0.25) is 0 Å². The molecule has 9 aromatic rings. The minimum atomic E-state index is -0.209. The Hall–Kier alpha value is -5.55. The summed E-state index contributed by atoms with van der Waals surface area (Å²) in [6.07, 6.45) is 1.07. The number of halogens is 3. The minimum Gasteiger partial charge on any atom is -0.309 e. The van der Waals surface area contributed by atoms with Gasteiger partial charge in [-0.15, -0.1) is 0 Å². The summed E-state index contributed by atoms with van der Waals surface area (Å²) in [5, 5.41) is 2.61. The van der Waals surface area contributed by atoms with E-state index in [1.54, 1.807) is 12.1 Å². The van der Waals surface area contributed by atoms with Crippen molar-refractivity contribution >= 4 is 53.7 Å². The van der Waals surface area contributed by atoms with Gasteiger partial charge in [0.25, 0.3) is 0 Å². The first kappa shape index (κ1) is 37.7. The zero-order valence-electron chi connectivity index (χ0n) is 33.5. The summed E-state index contributed by atoms with van der Waals surface area (Å²) < 4.78 is 16.4. The van der Waals surface area contributed by atoms with Crippen LogP contribution in [0.15, 0.2) is 179 Å². The van der Waals surface area contributed by atoms with Crippen LogP contribution in [0.25, 0.3) is 60.9 Å². The van der Waals surface area contributed by atoms with E-state index in [2.05, 4.69) is 210 Å². The highest BCUT2D eigenvalue weighted by Gasteiger charge is 2.38. The zero-order chi connectivity index (χ0) is 40.6. The maximum atomic E-state index is 12.1. The average molecular weight is 896 g/mol. The van der Waals surface area contributed by atoms with Gasteiger partial charge in [0.2, 0.25) is 0 Å². The van der Waals surface area contributed by atoms with Gasteiger partial charge in [0.1, 0.15) is 5.82 Å². The third kappa shape index (κ3) is 6.22. The number of aromatic nitrogens is 1. The molecule has 1 aromatic heterocycles. The Morgan fingerprint density at radius 1 is 0.424 bits per heavy atom. The van der Waals surface area contributed by atoms with Crippen LogP contribution in [0.5, 0.6) is 0 Å². The number of rotatable bonds is 1. The zero-order valence-corrected chi connectivity index (χ0v) is 36.6. The lowest BCUT2D eigenvalue weighted by atomic mass is 9.81. The fourth-order valence-corrected chi connectivity index (χ4v) is 10.6. The van der Waals surface area contributed by atoms with E-state index in [1.165, 1.54) is 106 Å². The molecule has 12 rings (SSSR count). The minimum absolute atomic E-state index is 0.00132. The molecule has 0 saturated carbocycles. The molecule has 0 bridgehead atoms. The smallest absolute Gasteiger partial charge is 0.124 e. The van der Waals surface area contributed by atoms with Crippen LogP contribution in [0.2, 0.25) is 0 Å². The van der Waals surface area contributed by atoms with Crippen LogP contribution in [0.1, 0.15) is 61.1 Å². The van der Waals surface area contributed by atoms with Gasteiger partial charge in [0, 0.05) is 36.2 Å². The van der Waals surface area contributed by atoms with E-state index in [4.69, 9.17) is 0 Å². The Balaban J connectivity index is 0.000000123. The monoisotopic (exact) mass is 893 g/mol. The average Bonchev–Trinajstić information content (AvgIpc) is 3.90. The Kier molecular flexibility index (Phi) is 9.15. The summed E-state index contributed by atoms with van der Waals surface area (Å²) in [7, 11) is 0. The molecule has 1 nitrogen and oxygen atoms in total. The van der Waals surface area contributed by atoms with Crippen molar-refractivity contribution < 1.29 is 4.39 Å². The van der Waals surface area contributed by atoms with Crippen molar-refractivity contribution in [1.29, 1.82) is 0 Å². The first-order valence-electron chi connectivity index (χ1n) is 20.2. The molecule has 0 amide bonds. The van der Waals surface area contributed by atoms with Crippen molar-refractivity contribution in [2.24, 2.45) is 0 Å². The second-order valence-corrected chi connectivity index (χ2v) is 18.7. The third-order valence-electron chi connectivity index (χ3n) is 12.7. The van der Waals surface area contributed by atoms with Crippen molar-refractivity contribution in [1.82, 2.24) is 4.57 Å².